The molecule has 0 aromatic carbocycles. The van der Waals surface area contributed by atoms with Crippen molar-refractivity contribution in [3.8, 4) is 0 Å². The first-order valence-corrected chi connectivity index (χ1v) is 8.84. The lowest BCUT2D eigenvalue weighted by atomic mass is 9.69. The van der Waals surface area contributed by atoms with E-state index in [1.807, 2.05) is 0 Å². The molecule has 1 unspecified atom stereocenters. The second kappa shape index (κ2) is 7.44. The van der Waals surface area contributed by atoms with Crippen LogP contribution >= 0.6 is 0 Å². The van der Waals surface area contributed by atoms with Crippen LogP contribution in [0.2, 0.25) is 0 Å². The van der Waals surface area contributed by atoms with Gasteiger partial charge in [-0.3, -0.25) is 4.68 Å². The number of nitrogens with one attached hydrogen (secondary N) is 1. The van der Waals surface area contributed by atoms with Crippen molar-refractivity contribution < 1.29 is 0 Å². The molecular weight excluding hydrogens is 258 g/mol. The minimum atomic E-state index is 0.436. The van der Waals surface area contributed by atoms with Crippen molar-refractivity contribution in [2.45, 2.75) is 84.2 Å². The maximum Gasteiger partial charge on any atom is 0.0640 e. The highest BCUT2D eigenvalue weighted by Gasteiger charge is 2.34. The van der Waals surface area contributed by atoms with Crippen molar-refractivity contribution in [3.63, 3.8) is 0 Å². The Morgan fingerprint density at radius 3 is 2.48 bits per heavy atom. The summed E-state index contributed by atoms with van der Waals surface area (Å²) in [4.78, 5) is 0. The van der Waals surface area contributed by atoms with Gasteiger partial charge in [0.15, 0.2) is 0 Å². The zero-order chi connectivity index (χ0) is 15.3. The van der Waals surface area contributed by atoms with Gasteiger partial charge in [0.25, 0.3) is 0 Å². The van der Waals surface area contributed by atoms with Gasteiger partial charge in [0.05, 0.1) is 11.7 Å². The maximum atomic E-state index is 4.84. The fourth-order valence-electron chi connectivity index (χ4n) is 3.97. The van der Waals surface area contributed by atoms with Crippen LogP contribution in [0.25, 0.3) is 0 Å². The lowest BCUT2D eigenvalue weighted by molar-refractivity contribution is 0.148. The highest BCUT2D eigenvalue weighted by Crippen LogP contribution is 2.39. The standard InChI is InChI=1S/C18H33N3/c1-5-16(6-2)21-13-10-15(20-21)14-17(19-4)18(3)11-8-7-9-12-18/h10,13,16-17,19H,5-9,11-12,14H2,1-4H3. The zero-order valence-corrected chi connectivity index (χ0v) is 14.4. The van der Waals surface area contributed by atoms with Crippen LogP contribution in [-0.4, -0.2) is 22.9 Å². The van der Waals surface area contributed by atoms with Crippen LogP contribution in [0.3, 0.4) is 0 Å². The molecule has 3 nitrogen and oxygen atoms in total. The number of aromatic nitrogens is 2. The molecule has 2 rings (SSSR count). The molecule has 0 bridgehead atoms. The van der Waals surface area contributed by atoms with Gasteiger partial charge >= 0.3 is 0 Å². The van der Waals surface area contributed by atoms with Crippen LogP contribution in [0.5, 0.6) is 0 Å². The Balaban J connectivity index is 2.04. The molecule has 0 radical (unpaired) electrons. The van der Waals surface area contributed by atoms with E-state index >= 15 is 0 Å². The monoisotopic (exact) mass is 291 g/mol. The van der Waals surface area contributed by atoms with Crippen LogP contribution in [0.4, 0.5) is 0 Å². The topological polar surface area (TPSA) is 29.9 Å². The molecule has 1 atom stereocenters. The van der Waals surface area contributed by atoms with Crippen LogP contribution in [0, 0.1) is 5.41 Å². The highest BCUT2D eigenvalue weighted by molar-refractivity contribution is 5.05. The lowest BCUT2D eigenvalue weighted by Crippen LogP contribution is -2.44. The Morgan fingerprint density at radius 1 is 1.24 bits per heavy atom. The first kappa shape index (κ1) is 16.5. The molecule has 0 saturated heterocycles. The van der Waals surface area contributed by atoms with Crippen LogP contribution in [0.1, 0.15) is 77.5 Å². The van der Waals surface area contributed by atoms with E-state index in [0.29, 0.717) is 17.5 Å². The Morgan fingerprint density at radius 2 is 1.90 bits per heavy atom. The molecule has 1 aliphatic rings. The van der Waals surface area contributed by atoms with E-state index in [-0.39, 0.29) is 0 Å². The Bertz CT molecular complexity index is 414. The van der Waals surface area contributed by atoms with E-state index in [9.17, 15) is 0 Å². The van der Waals surface area contributed by atoms with Gasteiger partial charge < -0.3 is 5.32 Å². The van der Waals surface area contributed by atoms with E-state index in [1.54, 1.807) is 0 Å². The van der Waals surface area contributed by atoms with E-state index < -0.39 is 0 Å². The highest BCUT2D eigenvalue weighted by atomic mass is 15.3. The number of hydrogen-bond donors (Lipinski definition) is 1. The second-order valence-corrected chi connectivity index (χ2v) is 7.02. The molecule has 21 heavy (non-hydrogen) atoms. The quantitative estimate of drug-likeness (QED) is 0.809. The molecule has 3 heteroatoms. The average Bonchev–Trinajstić information content (AvgIpc) is 2.95. The SMILES string of the molecule is CCC(CC)n1ccc(CC(NC)C2(C)CCCCC2)n1. The zero-order valence-electron chi connectivity index (χ0n) is 14.4. The van der Waals surface area contributed by atoms with Crippen molar-refractivity contribution in [2.24, 2.45) is 5.41 Å². The average molecular weight is 291 g/mol. The lowest BCUT2D eigenvalue weighted by Gasteiger charge is -2.40. The normalized spacial score (nSPS) is 19.9. The molecule has 0 spiro atoms. The van der Waals surface area contributed by atoms with E-state index in [4.69, 9.17) is 5.10 Å². The summed E-state index contributed by atoms with van der Waals surface area (Å²) < 4.78 is 2.17. The Hall–Kier alpha value is -0.830. The summed E-state index contributed by atoms with van der Waals surface area (Å²) in [6.07, 6.45) is 12.4. The van der Waals surface area contributed by atoms with Crippen LogP contribution < -0.4 is 5.32 Å². The maximum absolute atomic E-state index is 4.84. The Labute approximate surface area is 130 Å². The summed E-state index contributed by atoms with van der Waals surface area (Å²) in [5, 5.41) is 8.42. The van der Waals surface area contributed by atoms with Gasteiger partial charge in [0.1, 0.15) is 0 Å². The molecule has 0 amide bonds. The first-order valence-electron chi connectivity index (χ1n) is 8.84. The summed E-state index contributed by atoms with van der Waals surface area (Å²) in [7, 11) is 2.11. The van der Waals surface area contributed by atoms with Crippen molar-refractivity contribution in [1.82, 2.24) is 15.1 Å². The summed E-state index contributed by atoms with van der Waals surface area (Å²) in [5.74, 6) is 0. The molecule has 1 saturated carbocycles. The van der Waals surface area contributed by atoms with Crippen molar-refractivity contribution in [3.05, 3.63) is 18.0 Å². The minimum Gasteiger partial charge on any atom is -0.316 e. The third-order valence-electron chi connectivity index (χ3n) is 5.58. The third-order valence-corrected chi connectivity index (χ3v) is 5.58. The van der Waals surface area contributed by atoms with Crippen molar-refractivity contribution >= 4 is 0 Å². The summed E-state index contributed by atoms with van der Waals surface area (Å²) in [6.45, 7) is 6.95. The van der Waals surface area contributed by atoms with Crippen molar-refractivity contribution in [2.75, 3.05) is 7.05 Å². The largest absolute Gasteiger partial charge is 0.316 e. The van der Waals surface area contributed by atoms with Gasteiger partial charge in [0, 0.05) is 18.7 Å². The molecule has 1 aromatic rings. The molecule has 1 aromatic heterocycles. The van der Waals surface area contributed by atoms with E-state index in [1.165, 1.54) is 37.8 Å². The fraction of sp³-hybridized carbons (Fsp3) is 0.833. The number of nitrogens with zero attached hydrogens (tertiary/aromatic N) is 2. The third kappa shape index (κ3) is 3.88. The predicted octanol–water partition coefficient (Wildman–Crippen LogP) is 4.35. The molecular formula is C18H33N3. The van der Waals surface area contributed by atoms with Gasteiger partial charge in [-0.1, -0.05) is 40.0 Å². The van der Waals surface area contributed by atoms with Crippen molar-refractivity contribution in [1.29, 1.82) is 0 Å². The summed E-state index contributed by atoms with van der Waals surface area (Å²) >= 11 is 0. The number of likely N-dealkylation sites (N-methyl/N-ethyl adjacent to an activating group) is 1. The van der Waals surface area contributed by atoms with Crippen LogP contribution in [-0.2, 0) is 6.42 Å². The summed E-state index contributed by atoms with van der Waals surface area (Å²) in [5.41, 5.74) is 1.68. The van der Waals surface area contributed by atoms with Gasteiger partial charge in [-0.05, 0) is 44.2 Å². The summed E-state index contributed by atoms with van der Waals surface area (Å²) in [6, 6.07) is 3.31. The fourth-order valence-corrected chi connectivity index (χ4v) is 3.97. The molecule has 0 aliphatic heterocycles. The number of hydrogen-bond acceptors (Lipinski definition) is 2. The van der Waals surface area contributed by atoms with Gasteiger partial charge in [-0.2, -0.15) is 5.10 Å². The molecule has 1 N–H and O–H groups in total. The Kier molecular flexibility index (Phi) is 5.86. The first-order chi connectivity index (χ1) is 10.1. The molecule has 1 fully saturated rings. The molecule has 1 aliphatic carbocycles. The van der Waals surface area contributed by atoms with Gasteiger partial charge in [-0.25, -0.2) is 0 Å². The van der Waals surface area contributed by atoms with Gasteiger partial charge in [-0.15, -0.1) is 0 Å². The van der Waals surface area contributed by atoms with Gasteiger partial charge in [0.2, 0.25) is 0 Å². The number of rotatable bonds is 7. The smallest absolute Gasteiger partial charge is 0.0640 e. The predicted molar refractivity (Wildman–Crippen MR) is 89.6 cm³/mol. The van der Waals surface area contributed by atoms with E-state index in [0.717, 1.165) is 19.3 Å². The molecule has 120 valence electrons. The second-order valence-electron chi connectivity index (χ2n) is 7.02. The minimum absolute atomic E-state index is 0.436. The van der Waals surface area contributed by atoms with Crippen LogP contribution in [0.15, 0.2) is 12.3 Å². The molecule has 1 heterocycles. The van der Waals surface area contributed by atoms with E-state index in [2.05, 4.69) is 50.1 Å².